The molecular weight excluding hydrogens is 174 g/mol. The van der Waals surface area contributed by atoms with Crippen LogP contribution in [-0.4, -0.2) is 12.3 Å². The summed E-state index contributed by atoms with van der Waals surface area (Å²) in [7, 11) is 0. The van der Waals surface area contributed by atoms with Crippen LogP contribution in [0.1, 0.15) is 41.0 Å². The quantitative estimate of drug-likeness (QED) is 0.687. The van der Waals surface area contributed by atoms with Gasteiger partial charge in [0.05, 0.1) is 6.04 Å². The molecule has 0 saturated carbocycles. The van der Waals surface area contributed by atoms with E-state index in [2.05, 4.69) is 25.7 Å². The fourth-order valence-corrected chi connectivity index (χ4v) is 1.23. The second kappa shape index (κ2) is 5.18. The molecule has 1 atom stereocenters. The Bertz CT molecular complexity index is 201. The Hall–Kier alpha value is -0.790. The van der Waals surface area contributed by atoms with Gasteiger partial charge in [-0.2, -0.15) is 0 Å². The Morgan fingerprint density at radius 3 is 2.21 bits per heavy atom. The molecule has 0 rings (SSSR count). The third-order valence-corrected chi connectivity index (χ3v) is 2.08. The zero-order chi connectivity index (χ0) is 11.4. The van der Waals surface area contributed by atoms with Crippen molar-refractivity contribution in [1.82, 2.24) is 5.32 Å². The van der Waals surface area contributed by atoms with E-state index in [0.29, 0.717) is 5.92 Å². The van der Waals surface area contributed by atoms with Gasteiger partial charge in [0.1, 0.15) is 6.29 Å². The van der Waals surface area contributed by atoms with E-state index in [4.69, 9.17) is 0 Å². The summed E-state index contributed by atoms with van der Waals surface area (Å²) in [5.41, 5.74) is 0.897. The molecule has 0 aliphatic heterocycles. The molecule has 0 bridgehead atoms. The zero-order valence-electron chi connectivity index (χ0n) is 10.1. The van der Waals surface area contributed by atoms with Gasteiger partial charge in [0.25, 0.3) is 0 Å². The van der Waals surface area contributed by atoms with E-state index in [-0.39, 0.29) is 11.5 Å². The Kier molecular flexibility index (Phi) is 4.89. The van der Waals surface area contributed by atoms with Crippen LogP contribution in [0.3, 0.4) is 0 Å². The summed E-state index contributed by atoms with van der Waals surface area (Å²) < 4.78 is 0. The van der Waals surface area contributed by atoms with Crippen LogP contribution in [0.2, 0.25) is 0 Å². The van der Waals surface area contributed by atoms with E-state index in [0.717, 1.165) is 18.4 Å². The van der Waals surface area contributed by atoms with Crippen molar-refractivity contribution in [1.29, 1.82) is 0 Å². The van der Waals surface area contributed by atoms with Crippen molar-refractivity contribution in [2.45, 2.75) is 47.1 Å². The van der Waals surface area contributed by atoms with E-state index in [1.165, 1.54) is 0 Å². The van der Waals surface area contributed by atoms with Crippen molar-refractivity contribution in [3.63, 3.8) is 0 Å². The van der Waals surface area contributed by atoms with Crippen LogP contribution in [0.4, 0.5) is 0 Å². The molecule has 1 unspecified atom stereocenters. The molecule has 0 radical (unpaired) electrons. The predicted molar refractivity (Wildman–Crippen MR) is 61.0 cm³/mol. The molecule has 0 aliphatic rings. The average molecular weight is 197 g/mol. The summed E-state index contributed by atoms with van der Waals surface area (Å²) in [5.74, 6) is 0.572. The lowest BCUT2D eigenvalue weighted by Crippen LogP contribution is -2.41. The predicted octanol–water partition coefficient (Wildman–Crippen LogP) is 2.75. The first-order chi connectivity index (χ1) is 6.27. The first kappa shape index (κ1) is 13.2. The lowest BCUT2D eigenvalue weighted by molar-refractivity contribution is -0.111. The smallest absolute Gasteiger partial charge is 0.142 e. The second-order valence-electron chi connectivity index (χ2n) is 5.33. The number of carbonyl (C=O) groups excluding carboxylic acids is 1. The first-order valence-electron chi connectivity index (χ1n) is 5.17. The van der Waals surface area contributed by atoms with Gasteiger partial charge < -0.3 is 10.1 Å². The first-order valence-corrected chi connectivity index (χ1v) is 5.17. The summed E-state index contributed by atoms with van der Waals surface area (Å²) >= 11 is 0. The number of aldehydes is 1. The molecule has 0 aliphatic carbocycles. The fourth-order valence-electron chi connectivity index (χ4n) is 1.23. The van der Waals surface area contributed by atoms with E-state index >= 15 is 0 Å². The molecule has 82 valence electrons. The molecule has 0 saturated heterocycles. The van der Waals surface area contributed by atoms with Crippen LogP contribution in [0.15, 0.2) is 12.3 Å². The Morgan fingerprint density at radius 1 is 1.43 bits per heavy atom. The third-order valence-electron chi connectivity index (χ3n) is 2.08. The molecule has 2 nitrogen and oxygen atoms in total. The van der Waals surface area contributed by atoms with Crippen molar-refractivity contribution in [2.75, 3.05) is 0 Å². The molecule has 0 heterocycles. The van der Waals surface area contributed by atoms with Gasteiger partial charge in [0, 0.05) is 5.70 Å². The van der Waals surface area contributed by atoms with Crippen LogP contribution < -0.4 is 5.32 Å². The maximum atomic E-state index is 10.9. The van der Waals surface area contributed by atoms with Crippen LogP contribution in [0.5, 0.6) is 0 Å². The molecule has 0 spiro atoms. The highest BCUT2D eigenvalue weighted by atomic mass is 16.1. The molecular formula is C12H23NO. The largest absolute Gasteiger partial charge is 0.379 e. The van der Waals surface area contributed by atoms with Crippen molar-refractivity contribution in [3.05, 3.63) is 12.3 Å². The van der Waals surface area contributed by atoms with Gasteiger partial charge in [0.2, 0.25) is 0 Å². The zero-order valence-corrected chi connectivity index (χ0v) is 10.1. The van der Waals surface area contributed by atoms with Gasteiger partial charge in [0.15, 0.2) is 0 Å². The number of hydrogen-bond donors (Lipinski definition) is 1. The van der Waals surface area contributed by atoms with E-state index in [1.807, 2.05) is 20.8 Å². The molecule has 0 amide bonds. The summed E-state index contributed by atoms with van der Waals surface area (Å²) in [6.07, 6.45) is 1.88. The molecule has 14 heavy (non-hydrogen) atoms. The lowest BCUT2D eigenvalue weighted by Gasteiger charge is -2.28. The minimum absolute atomic E-state index is 0.0539. The summed E-state index contributed by atoms with van der Waals surface area (Å²) in [6, 6.07) is -0.145. The normalized spacial score (nSPS) is 13.9. The standard InChI is InChI=1S/C12H23NO/c1-9(2)7-10(3)13-11(8-14)12(4,5)6/h8-9,11,13H,3,7H2,1-2,4-6H3. The highest BCUT2D eigenvalue weighted by molar-refractivity contribution is 5.59. The fraction of sp³-hybridized carbons (Fsp3) is 0.750. The summed E-state index contributed by atoms with van der Waals surface area (Å²) in [6.45, 7) is 14.3. The van der Waals surface area contributed by atoms with Crippen LogP contribution in [0.25, 0.3) is 0 Å². The SMILES string of the molecule is C=C(CC(C)C)NC(C=O)C(C)(C)C. The average Bonchev–Trinajstić information content (AvgIpc) is 1.96. The highest BCUT2D eigenvalue weighted by Gasteiger charge is 2.23. The highest BCUT2D eigenvalue weighted by Crippen LogP contribution is 2.19. The van der Waals surface area contributed by atoms with Crippen molar-refractivity contribution in [2.24, 2.45) is 11.3 Å². The van der Waals surface area contributed by atoms with Gasteiger partial charge in [-0.3, -0.25) is 0 Å². The van der Waals surface area contributed by atoms with Crippen LogP contribution in [0, 0.1) is 11.3 Å². The molecule has 0 aromatic heterocycles. The summed E-state index contributed by atoms with van der Waals surface area (Å²) in [5, 5.41) is 3.18. The van der Waals surface area contributed by atoms with Crippen molar-refractivity contribution >= 4 is 6.29 Å². The summed E-state index contributed by atoms with van der Waals surface area (Å²) in [4.78, 5) is 10.9. The molecule has 2 heteroatoms. The number of hydrogen-bond acceptors (Lipinski definition) is 2. The van der Waals surface area contributed by atoms with Gasteiger partial charge in [-0.05, 0) is 17.8 Å². The Labute approximate surface area is 87.8 Å². The molecule has 0 aromatic carbocycles. The van der Waals surface area contributed by atoms with Crippen LogP contribution in [-0.2, 0) is 4.79 Å². The van der Waals surface area contributed by atoms with E-state index in [1.54, 1.807) is 0 Å². The minimum Gasteiger partial charge on any atom is -0.379 e. The van der Waals surface area contributed by atoms with E-state index in [9.17, 15) is 4.79 Å². The van der Waals surface area contributed by atoms with Gasteiger partial charge in [-0.25, -0.2) is 0 Å². The van der Waals surface area contributed by atoms with Crippen molar-refractivity contribution in [3.8, 4) is 0 Å². The Morgan fingerprint density at radius 2 is 1.93 bits per heavy atom. The minimum atomic E-state index is -0.145. The lowest BCUT2D eigenvalue weighted by atomic mass is 9.87. The number of carbonyl (C=O) groups is 1. The maximum Gasteiger partial charge on any atom is 0.142 e. The maximum absolute atomic E-state index is 10.9. The monoisotopic (exact) mass is 197 g/mol. The number of rotatable bonds is 5. The number of nitrogens with one attached hydrogen (secondary N) is 1. The van der Waals surface area contributed by atoms with Gasteiger partial charge in [-0.15, -0.1) is 0 Å². The number of allylic oxidation sites excluding steroid dienone is 1. The molecule has 0 fully saturated rings. The van der Waals surface area contributed by atoms with Gasteiger partial charge >= 0.3 is 0 Å². The van der Waals surface area contributed by atoms with Crippen LogP contribution >= 0.6 is 0 Å². The Balaban J connectivity index is 4.20. The van der Waals surface area contributed by atoms with Crippen molar-refractivity contribution < 1.29 is 4.79 Å². The molecule has 0 aromatic rings. The van der Waals surface area contributed by atoms with E-state index < -0.39 is 0 Å². The third kappa shape index (κ3) is 5.05. The van der Waals surface area contributed by atoms with Gasteiger partial charge in [-0.1, -0.05) is 41.2 Å². The second-order valence-corrected chi connectivity index (χ2v) is 5.33. The molecule has 1 N–H and O–H groups in total. The topological polar surface area (TPSA) is 29.1 Å².